The minimum atomic E-state index is 0.0775. The van der Waals surface area contributed by atoms with Gasteiger partial charge in [-0.25, -0.2) is 4.98 Å². The van der Waals surface area contributed by atoms with E-state index in [1.807, 2.05) is 18.3 Å². The monoisotopic (exact) mass is 334 g/mol. The van der Waals surface area contributed by atoms with E-state index in [1.165, 1.54) is 16.3 Å². The van der Waals surface area contributed by atoms with Gasteiger partial charge in [0.1, 0.15) is 5.82 Å². The summed E-state index contributed by atoms with van der Waals surface area (Å²) in [5.74, 6) is 0.927. The topological polar surface area (TPSA) is 17.8 Å². The summed E-state index contributed by atoms with van der Waals surface area (Å²) in [6.07, 6.45) is 1.89. The minimum absolute atomic E-state index is 0.0775. The minimum Gasteiger partial charge on any atom is -0.294 e. The third-order valence-corrected chi connectivity index (χ3v) is 4.71. The third-order valence-electron chi connectivity index (χ3n) is 4.48. The fourth-order valence-corrected chi connectivity index (χ4v) is 3.36. The highest BCUT2D eigenvalue weighted by molar-refractivity contribution is 6.31. The van der Waals surface area contributed by atoms with Gasteiger partial charge in [0.25, 0.3) is 0 Å². The van der Waals surface area contributed by atoms with E-state index in [-0.39, 0.29) is 5.41 Å². The third kappa shape index (κ3) is 2.38. The normalized spacial score (nSPS) is 12.2. The SMILES string of the molecule is CC(C)(C)c1ccnc(-n2c3ccccc3c3ccc(Cl)cc32)c1. The first-order valence-electron chi connectivity index (χ1n) is 8.11. The van der Waals surface area contributed by atoms with Crippen LogP contribution in [0.1, 0.15) is 26.3 Å². The highest BCUT2D eigenvalue weighted by atomic mass is 35.5. The van der Waals surface area contributed by atoms with Crippen LogP contribution in [0, 0.1) is 0 Å². The van der Waals surface area contributed by atoms with E-state index < -0.39 is 0 Å². The molecule has 0 aliphatic carbocycles. The summed E-state index contributed by atoms with van der Waals surface area (Å²) in [6.45, 7) is 6.65. The molecule has 120 valence electrons. The zero-order valence-corrected chi connectivity index (χ0v) is 14.8. The molecule has 0 N–H and O–H groups in total. The Hall–Kier alpha value is -2.32. The fraction of sp³-hybridized carbons (Fsp3) is 0.190. The number of nitrogens with zero attached hydrogens (tertiary/aromatic N) is 2. The Bertz CT molecular complexity index is 1050. The molecule has 0 bridgehead atoms. The van der Waals surface area contributed by atoms with Crippen LogP contribution in [0.15, 0.2) is 60.8 Å². The van der Waals surface area contributed by atoms with Crippen LogP contribution in [0.2, 0.25) is 5.02 Å². The first-order chi connectivity index (χ1) is 11.4. The molecule has 4 aromatic rings. The van der Waals surface area contributed by atoms with Crippen molar-refractivity contribution in [3.05, 3.63) is 71.4 Å². The summed E-state index contributed by atoms with van der Waals surface area (Å²) < 4.78 is 2.20. The number of hydrogen-bond acceptors (Lipinski definition) is 1. The summed E-state index contributed by atoms with van der Waals surface area (Å²) in [5, 5.41) is 3.14. The van der Waals surface area contributed by atoms with Crippen LogP contribution in [-0.4, -0.2) is 9.55 Å². The Morgan fingerprint density at radius 2 is 1.62 bits per heavy atom. The molecule has 0 saturated carbocycles. The maximum absolute atomic E-state index is 6.28. The molecule has 2 aromatic carbocycles. The molecular weight excluding hydrogens is 316 g/mol. The Morgan fingerprint density at radius 1 is 0.875 bits per heavy atom. The first kappa shape index (κ1) is 15.2. The van der Waals surface area contributed by atoms with E-state index in [0.717, 1.165) is 21.9 Å². The van der Waals surface area contributed by atoms with Gasteiger partial charge >= 0.3 is 0 Å². The lowest BCUT2D eigenvalue weighted by molar-refractivity contribution is 0.588. The molecule has 2 aromatic heterocycles. The quantitative estimate of drug-likeness (QED) is 0.409. The summed E-state index contributed by atoms with van der Waals surface area (Å²) in [5.41, 5.74) is 3.57. The largest absolute Gasteiger partial charge is 0.294 e. The number of halogens is 1. The summed E-state index contributed by atoms with van der Waals surface area (Å²) in [6, 6.07) is 18.7. The molecule has 0 fully saturated rings. The van der Waals surface area contributed by atoms with E-state index in [1.54, 1.807) is 0 Å². The molecule has 3 heteroatoms. The van der Waals surface area contributed by atoms with Gasteiger partial charge in [-0.2, -0.15) is 0 Å². The maximum atomic E-state index is 6.28. The highest BCUT2D eigenvalue weighted by Gasteiger charge is 2.17. The lowest BCUT2D eigenvalue weighted by atomic mass is 9.88. The predicted molar refractivity (Wildman–Crippen MR) is 102 cm³/mol. The second-order valence-corrected chi connectivity index (χ2v) is 7.60. The van der Waals surface area contributed by atoms with Crippen LogP contribution >= 0.6 is 11.6 Å². The standard InChI is InChI=1S/C21H19ClN2/c1-21(2,3)14-10-11-23-20(12-14)24-18-7-5-4-6-16(18)17-9-8-15(22)13-19(17)24/h4-13H,1-3H3. The van der Waals surface area contributed by atoms with Gasteiger partial charge < -0.3 is 0 Å². The van der Waals surface area contributed by atoms with E-state index >= 15 is 0 Å². The van der Waals surface area contributed by atoms with Crippen molar-refractivity contribution in [1.29, 1.82) is 0 Å². The molecule has 24 heavy (non-hydrogen) atoms. The zero-order valence-electron chi connectivity index (χ0n) is 14.0. The molecule has 0 atom stereocenters. The molecule has 0 saturated heterocycles. The second kappa shape index (κ2) is 5.35. The van der Waals surface area contributed by atoms with Crippen molar-refractivity contribution in [3.63, 3.8) is 0 Å². The Labute approximate surface area is 146 Å². The van der Waals surface area contributed by atoms with Crippen molar-refractivity contribution in [2.45, 2.75) is 26.2 Å². The van der Waals surface area contributed by atoms with Crippen molar-refractivity contribution in [2.75, 3.05) is 0 Å². The van der Waals surface area contributed by atoms with Gasteiger partial charge in [-0.3, -0.25) is 4.57 Å². The van der Waals surface area contributed by atoms with E-state index in [2.05, 4.69) is 72.8 Å². The first-order valence-corrected chi connectivity index (χ1v) is 8.48. The number of pyridine rings is 1. The summed E-state index contributed by atoms with van der Waals surface area (Å²) >= 11 is 6.28. The highest BCUT2D eigenvalue weighted by Crippen LogP contribution is 2.33. The molecule has 0 amide bonds. The van der Waals surface area contributed by atoms with Gasteiger partial charge in [0.15, 0.2) is 0 Å². The fourth-order valence-electron chi connectivity index (χ4n) is 3.20. The number of aromatic nitrogens is 2. The molecule has 0 unspecified atom stereocenters. The molecule has 0 spiro atoms. The van der Waals surface area contributed by atoms with E-state index in [4.69, 9.17) is 11.6 Å². The smallest absolute Gasteiger partial charge is 0.137 e. The van der Waals surface area contributed by atoms with Crippen LogP contribution in [0.4, 0.5) is 0 Å². The molecular formula is C21H19ClN2. The number of benzene rings is 2. The van der Waals surface area contributed by atoms with E-state index in [9.17, 15) is 0 Å². The molecule has 4 rings (SSSR count). The maximum Gasteiger partial charge on any atom is 0.137 e. The summed E-state index contributed by atoms with van der Waals surface area (Å²) in [4.78, 5) is 4.65. The average Bonchev–Trinajstić information content (AvgIpc) is 2.87. The van der Waals surface area contributed by atoms with Gasteiger partial charge in [0, 0.05) is 22.0 Å². The lowest BCUT2D eigenvalue weighted by Gasteiger charge is -2.20. The average molecular weight is 335 g/mol. The number of hydrogen-bond donors (Lipinski definition) is 0. The van der Waals surface area contributed by atoms with Crippen molar-refractivity contribution in [1.82, 2.24) is 9.55 Å². The van der Waals surface area contributed by atoms with Crippen LogP contribution in [0.3, 0.4) is 0 Å². The molecule has 2 heterocycles. The Morgan fingerprint density at radius 3 is 2.42 bits per heavy atom. The van der Waals surface area contributed by atoms with Crippen molar-refractivity contribution in [3.8, 4) is 5.82 Å². The Kier molecular flexibility index (Phi) is 3.40. The van der Waals surface area contributed by atoms with Crippen LogP contribution in [0.5, 0.6) is 0 Å². The van der Waals surface area contributed by atoms with Gasteiger partial charge in [0.2, 0.25) is 0 Å². The molecule has 0 radical (unpaired) electrons. The molecule has 0 aliphatic heterocycles. The van der Waals surface area contributed by atoms with Crippen molar-refractivity contribution >= 4 is 33.4 Å². The summed E-state index contributed by atoms with van der Waals surface area (Å²) in [7, 11) is 0. The van der Waals surface area contributed by atoms with E-state index in [0.29, 0.717) is 0 Å². The van der Waals surface area contributed by atoms with Crippen molar-refractivity contribution in [2.24, 2.45) is 0 Å². The van der Waals surface area contributed by atoms with Gasteiger partial charge in [-0.15, -0.1) is 0 Å². The number of para-hydroxylation sites is 1. The second-order valence-electron chi connectivity index (χ2n) is 7.17. The van der Waals surface area contributed by atoms with Crippen LogP contribution in [-0.2, 0) is 5.41 Å². The van der Waals surface area contributed by atoms with Gasteiger partial charge in [-0.1, -0.05) is 56.6 Å². The zero-order chi connectivity index (χ0) is 16.9. The van der Waals surface area contributed by atoms with Gasteiger partial charge in [-0.05, 0) is 41.3 Å². The number of fused-ring (bicyclic) bond motifs is 3. The predicted octanol–water partition coefficient (Wildman–Crippen LogP) is 6.13. The Balaban J connectivity index is 2.10. The lowest BCUT2D eigenvalue weighted by Crippen LogP contribution is -2.12. The van der Waals surface area contributed by atoms with Crippen LogP contribution in [0.25, 0.3) is 27.6 Å². The number of rotatable bonds is 1. The molecule has 0 aliphatic rings. The molecule has 2 nitrogen and oxygen atoms in total. The van der Waals surface area contributed by atoms with Gasteiger partial charge in [0.05, 0.1) is 11.0 Å². The van der Waals surface area contributed by atoms with Crippen molar-refractivity contribution < 1.29 is 0 Å². The van der Waals surface area contributed by atoms with Crippen LogP contribution < -0.4 is 0 Å².